The topological polar surface area (TPSA) is 69.0 Å². The smallest absolute Gasteiger partial charge is 0.234 e. The molecule has 2 aromatic carbocycles. The van der Waals surface area contributed by atoms with Gasteiger partial charge in [-0.25, -0.2) is 0 Å². The van der Waals surface area contributed by atoms with Gasteiger partial charge in [0.05, 0.1) is 12.4 Å². The summed E-state index contributed by atoms with van der Waals surface area (Å²) in [6, 6.07) is 11.6. The number of carbonyl (C=O) groups excluding carboxylic acids is 1. The molecule has 1 N–H and O–H groups in total. The molecule has 0 aliphatic rings. The first kappa shape index (κ1) is 24.9. The number of ether oxygens (including phenoxy) is 1. The number of rotatable bonds is 11. The van der Waals surface area contributed by atoms with E-state index in [9.17, 15) is 4.79 Å². The molecule has 1 heterocycles. The second-order valence-electron chi connectivity index (χ2n) is 7.82. The minimum Gasteiger partial charge on any atom is -0.493 e. The van der Waals surface area contributed by atoms with Crippen molar-refractivity contribution in [3.63, 3.8) is 0 Å². The maximum Gasteiger partial charge on any atom is 0.234 e. The van der Waals surface area contributed by atoms with E-state index >= 15 is 0 Å². The van der Waals surface area contributed by atoms with Crippen molar-refractivity contribution in [1.82, 2.24) is 14.8 Å². The normalized spacial score (nSPS) is 10.8. The van der Waals surface area contributed by atoms with Gasteiger partial charge in [0.2, 0.25) is 5.91 Å². The summed E-state index contributed by atoms with van der Waals surface area (Å²) < 4.78 is 7.88. The first-order valence-electron chi connectivity index (χ1n) is 10.8. The molecule has 0 saturated heterocycles. The maximum absolute atomic E-state index is 12.5. The van der Waals surface area contributed by atoms with Crippen LogP contribution in [-0.4, -0.2) is 33.0 Å². The van der Waals surface area contributed by atoms with Crippen molar-refractivity contribution in [3.05, 3.63) is 76.6 Å². The lowest BCUT2D eigenvalue weighted by Crippen LogP contribution is -2.15. The molecular formula is C25H29ClN4O2S. The van der Waals surface area contributed by atoms with E-state index < -0.39 is 0 Å². The van der Waals surface area contributed by atoms with Gasteiger partial charge in [-0.15, -0.1) is 16.8 Å². The number of hydrogen-bond acceptors (Lipinski definition) is 5. The molecule has 0 aliphatic carbocycles. The molecule has 0 radical (unpaired) electrons. The van der Waals surface area contributed by atoms with Crippen LogP contribution < -0.4 is 10.1 Å². The van der Waals surface area contributed by atoms with E-state index in [1.165, 1.54) is 11.8 Å². The number of carbonyl (C=O) groups is 1. The largest absolute Gasteiger partial charge is 0.493 e. The zero-order chi connectivity index (χ0) is 23.8. The van der Waals surface area contributed by atoms with Crippen LogP contribution in [0.25, 0.3) is 0 Å². The highest BCUT2D eigenvalue weighted by molar-refractivity contribution is 7.99. The number of nitrogens with one attached hydrogen (secondary N) is 1. The Balaban J connectivity index is 1.54. The van der Waals surface area contributed by atoms with Gasteiger partial charge >= 0.3 is 0 Å². The molecule has 33 heavy (non-hydrogen) atoms. The average Bonchev–Trinajstić information content (AvgIpc) is 3.15. The summed E-state index contributed by atoms with van der Waals surface area (Å²) in [4.78, 5) is 12.5. The quantitative estimate of drug-likeness (QED) is 0.212. The van der Waals surface area contributed by atoms with Crippen molar-refractivity contribution in [2.45, 2.75) is 45.3 Å². The number of amides is 1. The summed E-state index contributed by atoms with van der Waals surface area (Å²) in [5, 5.41) is 13.0. The van der Waals surface area contributed by atoms with Crippen molar-refractivity contribution in [1.29, 1.82) is 0 Å². The summed E-state index contributed by atoms with van der Waals surface area (Å²) in [6.07, 6.45) is 3.30. The molecule has 1 aromatic heterocycles. The average molecular weight is 485 g/mol. The molecule has 0 fully saturated rings. The molecule has 0 atom stereocenters. The molecule has 0 unspecified atom stereocenters. The minimum absolute atomic E-state index is 0.0739. The second kappa shape index (κ2) is 11.9. The third-order valence-electron chi connectivity index (χ3n) is 5.04. The van der Waals surface area contributed by atoms with Gasteiger partial charge in [-0.2, -0.15) is 0 Å². The highest BCUT2D eigenvalue weighted by atomic mass is 35.5. The third-order valence-corrected chi connectivity index (χ3v) is 6.25. The number of benzene rings is 2. The van der Waals surface area contributed by atoms with E-state index in [0.717, 1.165) is 40.4 Å². The van der Waals surface area contributed by atoms with Gasteiger partial charge in [0.25, 0.3) is 0 Å². The van der Waals surface area contributed by atoms with Crippen LogP contribution in [0.15, 0.2) is 54.2 Å². The van der Waals surface area contributed by atoms with Gasteiger partial charge < -0.3 is 14.6 Å². The fourth-order valence-corrected chi connectivity index (χ4v) is 4.29. The van der Waals surface area contributed by atoms with Gasteiger partial charge in [0.15, 0.2) is 5.16 Å². The monoisotopic (exact) mass is 484 g/mol. The first-order chi connectivity index (χ1) is 15.9. The molecule has 0 aliphatic heterocycles. The van der Waals surface area contributed by atoms with Gasteiger partial charge in [0.1, 0.15) is 11.6 Å². The van der Waals surface area contributed by atoms with Crippen LogP contribution in [0.3, 0.4) is 0 Å². The summed E-state index contributed by atoms with van der Waals surface area (Å²) >= 11 is 7.37. The lowest BCUT2D eigenvalue weighted by Gasteiger charge is -2.11. The van der Waals surface area contributed by atoms with Crippen LogP contribution in [0.2, 0.25) is 5.02 Å². The Morgan fingerprint density at radius 3 is 2.76 bits per heavy atom. The van der Waals surface area contributed by atoms with Gasteiger partial charge in [-0.1, -0.05) is 41.6 Å². The molecular weight excluding hydrogens is 456 g/mol. The molecule has 0 saturated carbocycles. The second-order valence-corrected chi connectivity index (χ2v) is 9.19. The SMILES string of the molecule is C=CCn1c(CCCOc2ccc(Cl)cc2C)nnc1SCC(=O)Nc1cc(C)ccc1C. The minimum atomic E-state index is -0.0739. The molecule has 8 heteroatoms. The fourth-order valence-electron chi connectivity index (χ4n) is 3.30. The van der Waals surface area contributed by atoms with Crippen LogP contribution >= 0.6 is 23.4 Å². The Morgan fingerprint density at radius 2 is 2.00 bits per heavy atom. The number of thioether (sulfide) groups is 1. The molecule has 3 aromatic rings. The van der Waals surface area contributed by atoms with Crippen LogP contribution in [-0.2, 0) is 17.8 Å². The maximum atomic E-state index is 12.5. The lowest BCUT2D eigenvalue weighted by molar-refractivity contribution is -0.113. The Labute approximate surface area is 204 Å². The van der Waals surface area contributed by atoms with Crippen molar-refractivity contribution in [2.75, 3.05) is 17.7 Å². The first-order valence-corrected chi connectivity index (χ1v) is 12.2. The standard InChI is InChI=1S/C25H29ClN4O2S/c1-5-12-30-23(7-6-13-32-22-11-10-20(26)15-19(22)4)28-29-25(30)33-16-24(31)27-21-14-17(2)8-9-18(21)3/h5,8-11,14-15H,1,6-7,12-13,16H2,2-4H3,(H,27,31). The number of nitrogens with zero attached hydrogens (tertiary/aromatic N) is 3. The van der Waals surface area contributed by atoms with E-state index in [2.05, 4.69) is 22.1 Å². The van der Waals surface area contributed by atoms with Crippen molar-refractivity contribution in [2.24, 2.45) is 0 Å². The molecule has 1 amide bonds. The number of hydrogen-bond donors (Lipinski definition) is 1. The summed E-state index contributed by atoms with van der Waals surface area (Å²) in [6.45, 7) is 10.9. The number of allylic oxidation sites excluding steroid dienone is 1. The van der Waals surface area contributed by atoms with Crippen molar-refractivity contribution in [3.8, 4) is 5.75 Å². The van der Waals surface area contributed by atoms with Crippen molar-refractivity contribution < 1.29 is 9.53 Å². The Morgan fingerprint density at radius 1 is 1.18 bits per heavy atom. The van der Waals surface area contributed by atoms with Crippen LogP contribution in [0, 0.1) is 20.8 Å². The molecule has 6 nitrogen and oxygen atoms in total. The van der Waals surface area contributed by atoms with Crippen LogP contribution in [0.1, 0.15) is 28.9 Å². The fraction of sp³-hybridized carbons (Fsp3) is 0.320. The summed E-state index contributed by atoms with van der Waals surface area (Å²) in [7, 11) is 0. The lowest BCUT2D eigenvalue weighted by atomic mass is 10.1. The van der Waals surface area contributed by atoms with E-state index in [4.69, 9.17) is 16.3 Å². The van der Waals surface area contributed by atoms with Gasteiger partial charge in [-0.3, -0.25) is 4.79 Å². The molecule has 3 rings (SSSR count). The molecule has 0 bridgehead atoms. The highest BCUT2D eigenvalue weighted by Gasteiger charge is 2.14. The molecule has 0 spiro atoms. The third kappa shape index (κ3) is 7.11. The van der Waals surface area contributed by atoms with Crippen LogP contribution in [0.5, 0.6) is 5.75 Å². The predicted octanol–water partition coefficient (Wildman–Crippen LogP) is 5.79. The molecule has 174 valence electrons. The van der Waals surface area contributed by atoms with Crippen LogP contribution in [0.4, 0.5) is 5.69 Å². The van der Waals surface area contributed by atoms with E-state index in [-0.39, 0.29) is 11.7 Å². The highest BCUT2D eigenvalue weighted by Crippen LogP contribution is 2.23. The van der Waals surface area contributed by atoms with E-state index in [0.29, 0.717) is 29.8 Å². The Hall–Kier alpha value is -2.77. The zero-order valence-electron chi connectivity index (χ0n) is 19.2. The van der Waals surface area contributed by atoms with E-state index in [1.807, 2.05) is 61.7 Å². The van der Waals surface area contributed by atoms with Gasteiger partial charge in [-0.05, 0) is 68.1 Å². The number of anilines is 1. The zero-order valence-corrected chi connectivity index (χ0v) is 20.8. The number of aromatic nitrogens is 3. The van der Waals surface area contributed by atoms with Crippen molar-refractivity contribution >= 4 is 35.0 Å². The Bertz CT molecular complexity index is 1130. The Kier molecular flexibility index (Phi) is 8.97. The summed E-state index contributed by atoms with van der Waals surface area (Å²) in [5.41, 5.74) is 3.99. The predicted molar refractivity (Wildman–Crippen MR) is 135 cm³/mol. The number of aryl methyl sites for hydroxylation is 4. The van der Waals surface area contributed by atoms with E-state index in [1.54, 1.807) is 6.08 Å². The van der Waals surface area contributed by atoms with Gasteiger partial charge in [0, 0.05) is 23.7 Å². The number of halogens is 1. The summed E-state index contributed by atoms with van der Waals surface area (Å²) in [5.74, 6) is 1.86.